The molecule has 1 aliphatic carbocycles. The second-order valence-corrected chi connectivity index (χ2v) is 9.75. The third kappa shape index (κ3) is 4.67. The molecule has 1 fully saturated rings. The monoisotopic (exact) mass is 438 g/mol. The summed E-state index contributed by atoms with van der Waals surface area (Å²) >= 11 is 0. The van der Waals surface area contributed by atoms with Crippen molar-refractivity contribution >= 4 is 22.5 Å². The molecule has 1 aliphatic rings. The van der Waals surface area contributed by atoms with E-state index < -0.39 is 17.3 Å². The van der Waals surface area contributed by atoms with Gasteiger partial charge < -0.3 is 10.4 Å². The summed E-state index contributed by atoms with van der Waals surface area (Å²) in [5.74, 6) is 0.521. The van der Waals surface area contributed by atoms with Crippen LogP contribution in [0.4, 0.5) is 10.1 Å². The first kappa shape index (κ1) is 22.4. The Labute approximate surface area is 187 Å². The molecule has 4 rings (SSSR count). The van der Waals surface area contributed by atoms with Crippen LogP contribution in [0.15, 0.2) is 36.7 Å². The van der Waals surface area contributed by atoms with Gasteiger partial charge in [0.1, 0.15) is 11.5 Å². The summed E-state index contributed by atoms with van der Waals surface area (Å²) < 4.78 is 15.2. The predicted octanol–water partition coefficient (Wildman–Crippen LogP) is 5.44. The molecular formula is C25H31FN4O2. The number of carbonyl (C=O) groups is 1. The van der Waals surface area contributed by atoms with Crippen molar-refractivity contribution in [2.24, 2.45) is 11.8 Å². The van der Waals surface area contributed by atoms with Crippen molar-refractivity contribution in [2.45, 2.75) is 65.0 Å². The van der Waals surface area contributed by atoms with E-state index in [0.717, 1.165) is 35.9 Å². The molecule has 0 bridgehead atoms. The highest BCUT2D eigenvalue weighted by Crippen LogP contribution is 2.37. The number of hydrogen-bond donors (Lipinski definition) is 2. The smallest absolute Gasteiger partial charge is 0.274 e. The minimum atomic E-state index is -1.19. The van der Waals surface area contributed by atoms with Crippen molar-refractivity contribution in [2.75, 3.05) is 5.32 Å². The molecule has 2 heterocycles. The first-order chi connectivity index (χ1) is 15.1. The number of amides is 1. The molecule has 2 aromatic heterocycles. The van der Waals surface area contributed by atoms with Gasteiger partial charge in [-0.3, -0.25) is 9.48 Å². The molecule has 0 radical (unpaired) electrons. The van der Waals surface area contributed by atoms with Gasteiger partial charge in [-0.15, -0.1) is 0 Å². The van der Waals surface area contributed by atoms with Crippen molar-refractivity contribution in [1.29, 1.82) is 0 Å². The standard InChI is InChI=1S/C25H31FN4O2/c1-15(2)16-5-8-19(9-6-16)30-14-17-11-23(20(25(3,4)32)12-22(17)29-30)28-24(31)21-10-7-18(26)13-27-21/h7,10-16,19,32H,5-6,8-9H2,1-4H3,(H,28,31)/t16-,19-. The first-order valence-electron chi connectivity index (χ1n) is 11.3. The number of fused-ring (bicyclic) bond motifs is 1. The van der Waals surface area contributed by atoms with Crippen molar-refractivity contribution < 1.29 is 14.3 Å². The fourth-order valence-electron chi connectivity index (χ4n) is 4.62. The van der Waals surface area contributed by atoms with Crippen molar-refractivity contribution in [3.63, 3.8) is 0 Å². The Morgan fingerprint density at radius 3 is 2.53 bits per heavy atom. The second kappa shape index (κ2) is 8.62. The number of anilines is 1. The largest absolute Gasteiger partial charge is 0.386 e. The zero-order valence-corrected chi connectivity index (χ0v) is 19.1. The molecule has 0 aliphatic heterocycles. The number of nitrogens with zero attached hydrogens (tertiary/aromatic N) is 3. The van der Waals surface area contributed by atoms with Gasteiger partial charge in [0.2, 0.25) is 0 Å². The van der Waals surface area contributed by atoms with Crippen LogP contribution in [0, 0.1) is 17.7 Å². The minimum absolute atomic E-state index is 0.103. The average Bonchev–Trinajstić information content (AvgIpc) is 3.16. The van der Waals surface area contributed by atoms with Gasteiger partial charge in [0, 0.05) is 22.8 Å². The number of rotatable bonds is 5. The van der Waals surface area contributed by atoms with Crippen molar-refractivity contribution in [3.8, 4) is 0 Å². The molecule has 7 heteroatoms. The fourth-order valence-corrected chi connectivity index (χ4v) is 4.62. The van der Waals surface area contributed by atoms with Crippen LogP contribution in [0.25, 0.3) is 10.9 Å². The Morgan fingerprint density at radius 1 is 1.22 bits per heavy atom. The topological polar surface area (TPSA) is 80.0 Å². The highest BCUT2D eigenvalue weighted by Gasteiger charge is 2.27. The van der Waals surface area contributed by atoms with Gasteiger partial charge in [-0.25, -0.2) is 9.37 Å². The number of carbonyl (C=O) groups excluding carboxylic acids is 1. The van der Waals surface area contributed by atoms with E-state index in [1.54, 1.807) is 13.8 Å². The van der Waals surface area contributed by atoms with Crippen LogP contribution in [-0.4, -0.2) is 25.8 Å². The lowest BCUT2D eigenvalue weighted by atomic mass is 9.80. The van der Waals surface area contributed by atoms with Crippen molar-refractivity contribution in [3.05, 3.63) is 53.7 Å². The van der Waals surface area contributed by atoms with E-state index in [1.165, 1.54) is 25.0 Å². The van der Waals surface area contributed by atoms with E-state index in [2.05, 4.69) is 24.1 Å². The molecule has 170 valence electrons. The molecule has 0 atom stereocenters. The third-order valence-corrected chi connectivity index (χ3v) is 6.59. The number of nitrogens with one attached hydrogen (secondary N) is 1. The van der Waals surface area contributed by atoms with Gasteiger partial charge in [-0.2, -0.15) is 5.10 Å². The summed E-state index contributed by atoms with van der Waals surface area (Å²) in [7, 11) is 0. The number of aliphatic hydroxyl groups is 1. The predicted molar refractivity (Wildman–Crippen MR) is 123 cm³/mol. The van der Waals surface area contributed by atoms with E-state index in [9.17, 15) is 14.3 Å². The quantitative estimate of drug-likeness (QED) is 0.556. The van der Waals surface area contributed by atoms with E-state index in [-0.39, 0.29) is 5.69 Å². The van der Waals surface area contributed by atoms with Gasteiger partial charge >= 0.3 is 0 Å². The molecule has 6 nitrogen and oxygen atoms in total. The average molecular weight is 439 g/mol. The van der Waals surface area contributed by atoms with Gasteiger partial charge in [0.15, 0.2) is 0 Å². The summed E-state index contributed by atoms with van der Waals surface area (Å²) in [6.45, 7) is 7.93. The van der Waals surface area contributed by atoms with Crippen LogP contribution in [-0.2, 0) is 5.60 Å². The lowest BCUT2D eigenvalue weighted by Crippen LogP contribution is -2.21. The maximum Gasteiger partial charge on any atom is 0.274 e. The van der Waals surface area contributed by atoms with Crippen LogP contribution >= 0.6 is 0 Å². The highest BCUT2D eigenvalue weighted by atomic mass is 19.1. The third-order valence-electron chi connectivity index (χ3n) is 6.59. The summed E-state index contributed by atoms with van der Waals surface area (Å²) in [5, 5.41) is 19.3. The van der Waals surface area contributed by atoms with Crippen LogP contribution in [0.3, 0.4) is 0 Å². The van der Waals surface area contributed by atoms with E-state index in [0.29, 0.717) is 23.2 Å². The maximum atomic E-state index is 13.2. The number of hydrogen-bond acceptors (Lipinski definition) is 4. The molecule has 0 saturated heterocycles. The van der Waals surface area contributed by atoms with Gasteiger partial charge in [-0.1, -0.05) is 13.8 Å². The Kier molecular flexibility index (Phi) is 6.03. The lowest BCUT2D eigenvalue weighted by Gasteiger charge is -2.30. The molecular weight excluding hydrogens is 407 g/mol. The lowest BCUT2D eigenvalue weighted by molar-refractivity contribution is 0.0793. The van der Waals surface area contributed by atoms with Crippen molar-refractivity contribution in [1.82, 2.24) is 14.8 Å². The zero-order chi connectivity index (χ0) is 23.0. The highest BCUT2D eigenvalue weighted by molar-refractivity contribution is 6.04. The number of benzene rings is 1. The van der Waals surface area contributed by atoms with E-state index >= 15 is 0 Å². The van der Waals surface area contributed by atoms with Crippen LogP contribution in [0.5, 0.6) is 0 Å². The Bertz CT molecular complexity index is 1110. The Balaban J connectivity index is 1.63. The normalized spacial score (nSPS) is 19.5. The molecule has 1 saturated carbocycles. The fraction of sp³-hybridized carbons (Fsp3) is 0.480. The SMILES string of the molecule is CC(C)[C@H]1CC[C@H](n2cc3cc(NC(=O)c4ccc(F)cn4)c(C(C)(C)O)cc3n2)CC1. The van der Waals surface area contributed by atoms with Gasteiger partial charge in [0.25, 0.3) is 5.91 Å². The number of aromatic nitrogens is 3. The molecule has 1 aromatic carbocycles. The van der Waals surface area contributed by atoms with Crippen LogP contribution < -0.4 is 5.32 Å². The Hall–Kier alpha value is -2.80. The summed E-state index contributed by atoms with van der Waals surface area (Å²) in [6.07, 6.45) is 7.66. The first-order valence-corrected chi connectivity index (χ1v) is 11.3. The van der Waals surface area contributed by atoms with Crippen LogP contribution in [0.2, 0.25) is 0 Å². The number of halogens is 1. The number of pyridine rings is 1. The second-order valence-electron chi connectivity index (χ2n) is 9.75. The molecule has 0 spiro atoms. The van der Waals surface area contributed by atoms with Crippen LogP contribution in [0.1, 0.15) is 75.5 Å². The van der Waals surface area contributed by atoms with E-state index in [4.69, 9.17) is 5.10 Å². The van der Waals surface area contributed by atoms with Gasteiger partial charge in [-0.05, 0) is 75.6 Å². The molecule has 2 N–H and O–H groups in total. The molecule has 32 heavy (non-hydrogen) atoms. The minimum Gasteiger partial charge on any atom is -0.386 e. The summed E-state index contributed by atoms with van der Waals surface area (Å²) in [6, 6.07) is 6.56. The zero-order valence-electron chi connectivity index (χ0n) is 19.1. The van der Waals surface area contributed by atoms with E-state index in [1.807, 2.05) is 23.0 Å². The Morgan fingerprint density at radius 2 is 1.94 bits per heavy atom. The maximum absolute atomic E-state index is 13.2. The summed E-state index contributed by atoms with van der Waals surface area (Å²) in [5.41, 5.74) is 0.752. The molecule has 0 unspecified atom stereocenters. The molecule has 3 aromatic rings. The molecule has 1 amide bonds. The van der Waals surface area contributed by atoms with Gasteiger partial charge in [0.05, 0.1) is 23.4 Å². The summed E-state index contributed by atoms with van der Waals surface area (Å²) in [4.78, 5) is 16.5.